The zero-order chi connectivity index (χ0) is 9.11. The largest absolute Gasteiger partial charge is 0.323 e. The molecule has 11 heavy (non-hydrogen) atoms. The van der Waals surface area contributed by atoms with Gasteiger partial charge in [-0.25, -0.2) is 0 Å². The second kappa shape index (κ2) is 12.5. The zero-order valence-corrected chi connectivity index (χ0v) is 8.28. The van der Waals surface area contributed by atoms with E-state index in [0.29, 0.717) is 0 Å². The minimum Gasteiger partial charge on any atom is -0.323 e. The van der Waals surface area contributed by atoms with E-state index in [0.717, 1.165) is 19.4 Å². The monoisotopic (exact) mass is 161 g/mol. The Hall–Kier alpha value is -0.120. The Morgan fingerprint density at radius 1 is 1.27 bits per heavy atom. The smallest absolute Gasteiger partial charge is 0.0543 e. The summed E-state index contributed by atoms with van der Waals surface area (Å²) in [4.78, 5) is 0. The summed E-state index contributed by atoms with van der Waals surface area (Å²) in [6.45, 7) is 5.25. The lowest BCUT2D eigenvalue weighted by Crippen LogP contribution is -2.36. The first kappa shape index (κ1) is 13.5. The minimum absolute atomic E-state index is 0.204. The van der Waals surface area contributed by atoms with Gasteiger partial charge in [0.1, 0.15) is 0 Å². The van der Waals surface area contributed by atoms with Crippen molar-refractivity contribution in [1.29, 1.82) is 0 Å². The van der Waals surface area contributed by atoms with Crippen LogP contribution in [0.2, 0.25) is 0 Å². The van der Waals surface area contributed by atoms with E-state index in [1.165, 1.54) is 0 Å². The maximum absolute atomic E-state index is 5.55. The molecule has 0 spiro atoms. The van der Waals surface area contributed by atoms with Gasteiger partial charge in [0.25, 0.3) is 0 Å². The lowest BCUT2D eigenvalue weighted by atomic mass is 10.4. The summed E-state index contributed by atoms with van der Waals surface area (Å²) < 4.78 is 0. The van der Waals surface area contributed by atoms with Crippen molar-refractivity contribution in [2.24, 2.45) is 5.73 Å². The van der Waals surface area contributed by atoms with Crippen molar-refractivity contribution in [2.45, 2.75) is 32.9 Å². The van der Waals surface area contributed by atoms with Crippen molar-refractivity contribution in [1.82, 2.24) is 10.6 Å². The summed E-state index contributed by atoms with van der Waals surface area (Å²) in [5.74, 6) is 0. The highest BCUT2D eigenvalue weighted by atomic mass is 15.0. The van der Waals surface area contributed by atoms with Crippen LogP contribution in [0.3, 0.4) is 0 Å². The third kappa shape index (κ3) is 17.7. The first-order chi connectivity index (χ1) is 5.22. The maximum Gasteiger partial charge on any atom is 0.0543 e. The number of hydrogen-bond acceptors (Lipinski definition) is 3. The highest BCUT2D eigenvalue weighted by Gasteiger charge is 1.92. The van der Waals surface area contributed by atoms with Crippen molar-refractivity contribution >= 4 is 0 Å². The molecule has 0 amide bonds. The van der Waals surface area contributed by atoms with Gasteiger partial charge in [-0.1, -0.05) is 13.8 Å². The van der Waals surface area contributed by atoms with Gasteiger partial charge in [0.2, 0.25) is 0 Å². The maximum atomic E-state index is 5.55. The van der Waals surface area contributed by atoms with Crippen LogP contribution in [-0.4, -0.2) is 26.8 Å². The molecule has 0 radical (unpaired) electrons. The molecular weight excluding hydrogens is 138 g/mol. The fourth-order valence-electron chi connectivity index (χ4n) is 0.474. The predicted molar refractivity (Wildman–Crippen MR) is 51.5 cm³/mol. The average molecular weight is 161 g/mol. The molecule has 0 aromatic carbocycles. The van der Waals surface area contributed by atoms with Crippen LogP contribution in [-0.2, 0) is 0 Å². The summed E-state index contributed by atoms with van der Waals surface area (Å²) in [5, 5.41) is 5.91. The van der Waals surface area contributed by atoms with E-state index in [1.807, 2.05) is 14.1 Å². The average Bonchev–Trinajstić information content (AvgIpc) is 2.02. The van der Waals surface area contributed by atoms with E-state index in [1.54, 1.807) is 0 Å². The van der Waals surface area contributed by atoms with Crippen molar-refractivity contribution < 1.29 is 0 Å². The highest BCUT2D eigenvalue weighted by molar-refractivity contribution is 4.52. The van der Waals surface area contributed by atoms with Crippen LogP contribution in [0.15, 0.2) is 0 Å². The molecule has 0 aliphatic heterocycles. The lowest BCUT2D eigenvalue weighted by molar-refractivity contribution is 0.513. The van der Waals surface area contributed by atoms with Gasteiger partial charge in [0.05, 0.1) is 6.17 Å². The molecule has 0 aliphatic rings. The normalized spacial score (nSPS) is 11.7. The fourth-order valence-corrected chi connectivity index (χ4v) is 0.474. The van der Waals surface area contributed by atoms with Crippen LogP contribution in [0.4, 0.5) is 0 Å². The quantitative estimate of drug-likeness (QED) is 0.527. The molecule has 0 aliphatic carbocycles. The summed E-state index contributed by atoms with van der Waals surface area (Å²) in [6.07, 6.45) is 2.38. The van der Waals surface area contributed by atoms with E-state index < -0.39 is 0 Å². The summed E-state index contributed by atoms with van der Waals surface area (Å²) in [5.41, 5.74) is 5.55. The molecule has 0 fully saturated rings. The van der Waals surface area contributed by atoms with Crippen LogP contribution in [0.1, 0.15) is 26.7 Å². The Kier molecular flexibility index (Phi) is 15.4. The minimum atomic E-state index is 0.204. The van der Waals surface area contributed by atoms with Crippen LogP contribution in [0, 0.1) is 0 Å². The van der Waals surface area contributed by atoms with E-state index in [9.17, 15) is 0 Å². The van der Waals surface area contributed by atoms with Gasteiger partial charge in [0, 0.05) is 0 Å². The van der Waals surface area contributed by atoms with Gasteiger partial charge in [-0.15, -0.1) is 0 Å². The molecule has 0 rings (SSSR count). The van der Waals surface area contributed by atoms with Crippen molar-refractivity contribution in [3.8, 4) is 0 Å². The van der Waals surface area contributed by atoms with Gasteiger partial charge in [-0.3, -0.25) is 0 Å². The van der Waals surface area contributed by atoms with E-state index in [2.05, 4.69) is 24.5 Å². The van der Waals surface area contributed by atoms with Crippen LogP contribution in [0.25, 0.3) is 0 Å². The second-order valence-electron chi connectivity index (χ2n) is 2.47. The van der Waals surface area contributed by atoms with Gasteiger partial charge < -0.3 is 16.4 Å². The number of nitrogens with two attached hydrogens (primary N) is 1. The van der Waals surface area contributed by atoms with E-state index >= 15 is 0 Å². The molecule has 0 aromatic heterocycles. The Bertz CT molecular complexity index is 57.3. The third-order valence-corrected chi connectivity index (χ3v) is 1.10. The number of rotatable bonds is 4. The van der Waals surface area contributed by atoms with Crippen LogP contribution < -0.4 is 16.4 Å². The van der Waals surface area contributed by atoms with Crippen molar-refractivity contribution in [3.05, 3.63) is 0 Å². The Morgan fingerprint density at radius 3 is 2.00 bits per heavy atom. The number of hydrogen-bond donors (Lipinski definition) is 3. The highest BCUT2D eigenvalue weighted by Crippen LogP contribution is 1.79. The predicted octanol–water partition coefficient (Wildman–Crippen LogP) is 0.516. The zero-order valence-electron chi connectivity index (χ0n) is 8.28. The molecule has 0 aromatic rings. The number of nitrogens with one attached hydrogen (secondary N) is 2. The Morgan fingerprint density at radius 2 is 1.73 bits per heavy atom. The molecule has 0 bridgehead atoms. The van der Waals surface area contributed by atoms with Gasteiger partial charge in [-0.2, -0.15) is 0 Å². The summed E-state index contributed by atoms with van der Waals surface area (Å²) in [6, 6.07) is 0. The molecule has 4 N–H and O–H groups in total. The van der Waals surface area contributed by atoms with Gasteiger partial charge >= 0.3 is 0 Å². The molecule has 1 unspecified atom stereocenters. The standard InChI is InChI=1S/C6H16N2.C2H7N/c1-3-5-8-6(7)4-2;1-3-2/h6,8H,3-5,7H2,1-2H3;3H,1-2H3. The summed E-state index contributed by atoms with van der Waals surface area (Å²) in [7, 11) is 3.75. The molecular formula is C8H23N3. The van der Waals surface area contributed by atoms with Crippen molar-refractivity contribution in [2.75, 3.05) is 20.6 Å². The molecule has 0 saturated carbocycles. The first-order valence-electron chi connectivity index (χ1n) is 4.30. The molecule has 3 heteroatoms. The molecule has 70 valence electrons. The molecule has 3 nitrogen and oxygen atoms in total. The Balaban J connectivity index is 0. The molecule has 1 atom stereocenters. The topological polar surface area (TPSA) is 50.1 Å². The molecule has 0 heterocycles. The van der Waals surface area contributed by atoms with E-state index in [4.69, 9.17) is 5.73 Å². The van der Waals surface area contributed by atoms with Crippen LogP contribution in [0.5, 0.6) is 0 Å². The molecule has 0 saturated heterocycles. The van der Waals surface area contributed by atoms with Gasteiger partial charge in [0.15, 0.2) is 0 Å². The third-order valence-electron chi connectivity index (χ3n) is 1.10. The first-order valence-corrected chi connectivity index (χ1v) is 4.30. The lowest BCUT2D eigenvalue weighted by Gasteiger charge is -2.08. The van der Waals surface area contributed by atoms with Gasteiger partial charge in [-0.05, 0) is 33.5 Å². The van der Waals surface area contributed by atoms with Crippen LogP contribution >= 0.6 is 0 Å². The van der Waals surface area contributed by atoms with Crippen molar-refractivity contribution in [3.63, 3.8) is 0 Å². The SMILES string of the molecule is CCCNC(N)CC.CNC. The second-order valence-corrected chi connectivity index (χ2v) is 2.47. The van der Waals surface area contributed by atoms with E-state index in [-0.39, 0.29) is 6.17 Å². The fraction of sp³-hybridized carbons (Fsp3) is 1.00. The Labute approximate surface area is 70.7 Å². The summed E-state index contributed by atoms with van der Waals surface area (Å²) >= 11 is 0.